The van der Waals surface area contributed by atoms with E-state index in [-0.39, 0.29) is 0 Å². The van der Waals surface area contributed by atoms with E-state index >= 15 is 0 Å². The molecule has 0 unspecified atom stereocenters. The van der Waals surface area contributed by atoms with Crippen molar-refractivity contribution in [3.63, 3.8) is 0 Å². The molecule has 0 amide bonds. The van der Waals surface area contributed by atoms with Crippen molar-refractivity contribution in [3.05, 3.63) is 35.6 Å². The molecule has 18 heavy (non-hydrogen) atoms. The average Bonchev–Trinajstić information content (AvgIpc) is 2.32. The van der Waals surface area contributed by atoms with Crippen LogP contribution in [0.25, 0.3) is 0 Å². The summed E-state index contributed by atoms with van der Waals surface area (Å²) in [6, 6.07) is 0. The Kier molecular flexibility index (Phi) is 3.06. The molecule has 0 spiro atoms. The van der Waals surface area contributed by atoms with E-state index in [2.05, 4.69) is 15.0 Å². The minimum atomic E-state index is -4.52. The van der Waals surface area contributed by atoms with Crippen LogP contribution in [0.4, 0.5) is 13.2 Å². The summed E-state index contributed by atoms with van der Waals surface area (Å²) >= 11 is 0. The molecule has 0 N–H and O–H groups in total. The van der Waals surface area contributed by atoms with E-state index in [1.165, 1.54) is 0 Å². The van der Waals surface area contributed by atoms with E-state index in [0.717, 1.165) is 18.1 Å². The molecule has 0 saturated heterocycles. The Bertz CT molecular complexity index is 502. The van der Waals surface area contributed by atoms with Crippen LogP contribution in [-0.4, -0.2) is 34.3 Å². The largest absolute Gasteiger partial charge is 0.451 e. The molecule has 1 aromatic heterocycles. The van der Waals surface area contributed by atoms with E-state index in [9.17, 15) is 13.2 Å². The highest BCUT2D eigenvalue weighted by molar-refractivity contribution is 6.09. The summed E-state index contributed by atoms with van der Waals surface area (Å²) in [6.45, 7) is 2.37. The van der Waals surface area contributed by atoms with Gasteiger partial charge in [0.25, 0.3) is 0 Å². The van der Waals surface area contributed by atoms with Crippen LogP contribution in [0.5, 0.6) is 0 Å². The first-order valence-electron chi connectivity index (χ1n) is 5.21. The lowest BCUT2D eigenvalue weighted by molar-refractivity contribution is -0.145. The zero-order chi connectivity index (χ0) is 13.3. The minimum Gasteiger partial charge on any atom is -0.359 e. The number of aliphatic imine (C=N–C) groups is 1. The van der Waals surface area contributed by atoms with E-state index in [1.807, 2.05) is 18.9 Å². The highest BCUT2D eigenvalue weighted by Crippen LogP contribution is 2.25. The van der Waals surface area contributed by atoms with Crippen LogP contribution in [0.2, 0.25) is 0 Å². The van der Waals surface area contributed by atoms with Gasteiger partial charge >= 0.3 is 6.18 Å². The lowest BCUT2D eigenvalue weighted by Gasteiger charge is -2.22. The fourth-order valence-electron chi connectivity index (χ4n) is 1.43. The molecule has 0 saturated carbocycles. The van der Waals surface area contributed by atoms with E-state index in [4.69, 9.17) is 0 Å². The third-order valence-corrected chi connectivity index (χ3v) is 2.60. The Balaban J connectivity index is 2.27. The van der Waals surface area contributed by atoms with Crippen LogP contribution in [0, 0.1) is 0 Å². The lowest BCUT2D eigenvalue weighted by atomic mass is 10.1. The lowest BCUT2D eigenvalue weighted by Crippen LogP contribution is -2.22. The van der Waals surface area contributed by atoms with Gasteiger partial charge in [-0.25, -0.2) is 9.97 Å². The van der Waals surface area contributed by atoms with Crippen molar-refractivity contribution in [1.82, 2.24) is 14.9 Å². The van der Waals surface area contributed by atoms with Crippen molar-refractivity contribution in [2.75, 3.05) is 13.7 Å². The van der Waals surface area contributed by atoms with Crippen LogP contribution in [0.15, 0.2) is 29.2 Å². The summed E-state index contributed by atoms with van der Waals surface area (Å²) in [5.41, 5.74) is 2.06. The van der Waals surface area contributed by atoms with Gasteiger partial charge in [0.05, 0.1) is 5.71 Å². The van der Waals surface area contributed by atoms with Gasteiger partial charge in [-0.3, -0.25) is 4.99 Å². The van der Waals surface area contributed by atoms with Gasteiger partial charge in [0.2, 0.25) is 5.82 Å². The van der Waals surface area contributed by atoms with Crippen molar-refractivity contribution in [1.29, 1.82) is 0 Å². The van der Waals surface area contributed by atoms with Gasteiger partial charge in [-0.1, -0.05) is 0 Å². The molecule has 1 aliphatic rings. The predicted octanol–water partition coefficient (Wildman–Crippen LogP) is 2.09. The zero-order valence-corrected chi connectivity index (χ0v) is 9.86. The minimum absolute atomic E-state index is 0.471. The van der Waals surface area contributed by atoms with Crippen molar-refractivity contribution >= 4 is 5.71 Å². The predicted molar refractivity (Wildman–Crippen MR) is 60.0 cm³/mol. The molecular weight excluding hydrogens is 245 g/mol. The maximum atomic E-state index is 12.3. The summed E-state index contributed by atoms with van der Waals surface area (Å²) in [5, 5.41) is 0. The Labute approximate surface area is 102 Å². The first-order valence-corrected chi connectivity index (χ1v) is 5.21. The Hall–Kier alpha value is -1.92. The van der Waals surface area contributed by atoms with Gasteiger partial charge in [0.1, 0.15) is 6.67 Å². The number of halogens is 3. The normalized spacial score (nSPS) is 16.4. The quantitative estimate of drug-likeness (QED) is 0.772. The smallest absolute Gasteiger partial charge is 0.359 e. The van der Waals surface area contributed by atoms with Gasteiger partial charge in [-0.2, -0.15) is 13.2 Å². The topological polar surface area (TPSA) is 41.4 Å². The maximum Gasteiger partial charge on any atom is 0.451 e. The standard InChI is InChI=1S/C11H11F3N4/c1-7-3-9(17-6-18(7)2)8-4-15-10(16-5-8)11(12,13)14/h3-5H,6H2,1-2H3. The van der Waals surface area contributed by atoms with Gasteiger partial charge < -0.3 is 4.90 Å². The molecule has 1 aromatic rings. The zero-order valence-electron chi connectivity index (χ0n) is 9.86. The summed E-state index contributed by atoms with van der Waals surface area (Å²) in [5.74, 6) is -1.14. The fraction of sp³-hybridized carbons (Fsp3) is 0.364. The van der Waals surface area contributed by atoms with Crippen molar-refractivity contribution in [3.8, 4) is 0 Å². The first kappa shape index (κ1) is 12.5. The number of allylic oxidation sites excluding steroid dienone is 2. The number of alkyl halides is 3. The number of hydrogen-bond acceptors (Lipinski definition) is 4. The second-order valence-corrected chi connectivity index (χ2v) is 3.96. The Morgan fingerprint density at radius 2 is 1.83 bits per heavy atom. The Morgan fingerprint density at radius 3 is 2.33 bits per heavy atom. The Morgan fingerprint density at radius 1 is 1.22 bits per heavy atom. The second kappa shape index (κ2) is 4.40. The number of hydrogen-bond donors (Lipinski definition) is 0. The van der Waals surface area contributed by atoms with E-state index < -0.39 is 12.0 Å². The number of nitrogens with zero attached hydrogens (tertiary/aromatic N) is 4. The molecule has 0 aliphatic carbocycles. The van der Waals surface area contributed by atoms with Gasteiger partial charge in [-0.15, -0.1) is 0 Å². The van der Waals surface area contributed by atoms with Crippen LogP contribution in [0.3, 0.4) is 0 Å². The fourth-order valence-corrected chi connectivity index (χ4v) is 1.43. The molecule has 0 aromatic carbocycles. The van der Waals surface area contributed by atoms with Crippen molar-refractivity contribution in [2.45, 2.75) is 13.1 Å². The molecule has 2 heterocycles. The summed E-state index contributed by atoms with van der Waals surface area (Å²) in [6.07, 6.45) is -0.443. The maximum absolute atomic E-state index is 12.3. The van der Waals surface area contributed by atoms with E-state index in [0.29, 0.717) is 17.9 Å². The van der Waals surface area contributed by atoms with E-state index in [1.54, 1.807) is 6.08 Å². The highest BCUT2D eigenvalue weighted by Gasteiger charge is 2.34. The molecule has 0 radical (unpaired) electrons. The van der Waals surface area contributed by atoms with Crippen LogP contribution in [-0.2, 0) is 6.18 Å². The molecule has 0 atom stereocenters. The van der Waals surface area contributed by atoms with Crippen LogP contribution < -0.4 is 0 Å². The van der Waals surface area contributed by atoms with Crippen LogP contribution in [0.1, 0.15) is 18.3 Å². The number of rotatable bonds is 1. The monoisotopic (exact) mass is 256 g/mol. The SMILES string of the molecule is CC1=CC(c2cnc(C(F)(F)F)nc2)=NCN1C. The second-order valence-electron chi connectivity index (χ2n) is 3.96. The third-order valence-electron chi connectivity index (χ3n) is 2.60. The molecule has 0 fully saturated rings. The molecule has 0 bridgehead atoms. The summed E-state index contributed by atoms with van der Waals surface area (Å²) in [4.78, 5) is 12.8. The molecular formula is C11H11F3N4. The van der Waals surface area contributed by atoms with Crippen molar-refractivity contribution < 1.29 is 13.2 Å². The average molecular weight is 256 g/mol. The molecule has 4 nitrogen and oxygen atoms in total. The molecule has 96 valence electrons. The number of aromatic nitrogens is 2. The molecule has 1 aliphatic heterocycles. The third kappa shape index (κ3) is 2.49. The highest BCUT2D eigenvalue weighted by atomic mass is 19.4. The molecule has 2 rings (SSSR count). The van der Waals surface area contributed by atoms with Gasteiger partial charge in [0.15, 0.2) is 0 Å². The first-order chi connectivity index (χ1) is 8.38. The van der Waals surface area contributed by atoms with Crippen molar-refractivity contribution in [2.24, 2.45) is 4.99 Å². The summed E-state index contributed by atoms with van der Waals surface area (Å²) in [7, 11) is 1.88. The van der Waals surface area contributed by atoms with Crippen LogP contribution >= 0.6 is 0 Å². The van der Waals surface area contributed by atoms with Gasteiger partial charge in [0, 0.05) is 30.7 Å². The molecule has 7 heteroatoms. The van der Waals surface area contributed by atoms with Gasteiger partial charge in [-0.05, 0) is 13.0 Å². The summed E-state index contributed by atoms with van der Waals surface area (Å²) < 4.78 is 36.9.